The van der Waals surface area contributed by atoms with E-state index in [0.717, 1.165) is 34.2 Å². The van der Waals surface area contributed by atoms with E-state index in [2.05, 4.69) is 5.32 Å². The molecule has 2 N–H and O–H groups in total. The van der Waals surface area contributed by atoms with Gasteiger partial charge in [0.15, 0.2) is 17.5 Å². The van der Waals surface area contributed by atoms with Crippen molar-refractivity contribution in [1.29, 1.82) is 0 Å². The van der Waals surface area contributed by atoms with E-state index in [4.69, 9.17) is 9.47 Å². The highest BCUT2D eigenvalue weighted by Gasteiger charge is 2.24. The van der Waals surface area contributed by atoms with Crippen LogP contribution in [0, 0.1) is 18.6 Å². The molecule has 0 saturated heterocycles. The smallest absolute Gasteiger partial charge is 0.282 e. The summed E-state index contributed by atoms with van der Waals surface area (Å²) >= 11 is 0. The largest absolute Gasteiger partial charge is 0.493 e. The van der Waals surface area contributed by atoms with Gasteiger partial charge < -0.3 is 19.7 Å². The summed E-state index contributed by atoms with van der Waals surface area (Å²) in [6.45, 7) is 4.24. The lowest BCUT2D eigenvalue weighted by molar-refractivity contribution is -0.907. The van der Waals surface area contributed by atoms with Gasteiger partial charge in [-0.2, -0.15) is 0 Å². The Morgan fingerprint density at radius 2 is 1.78 bits per heavy atom. The molecule has 2 atom stereocenters. The molecule has 0 heterocycles. The first-order valence-corrected chi connectivity index (χ1v) is 8.56. The standard InChI is InChI=1S/C20H24F2N2O3/c1-12-8-18(26-4)19(27-5)9-14(12)11-24(3)13(2)20(25)23-17-10-15(21)6-7-16(17)22/h6-10,13H,11H2,1-5H3,(H,23,25)/p+1/t13-/m1/s1. The minimum atomic E-state index is -0.676. The van der Waals surface area contributed by atoms with Crippen LogP contribution in [0.2, 0.25) is 0 Å². The van der Waals surface area contributed by atoms with Crippen LogP contribution in [0.15, 0.2) is 30.3 Å². The molecule has 0 fully saturated rings. The van der Waals surface area contributed by atoms with Gasteiger partial charge in [0.1, 0.15) is 18.2 Å². The Bertz CT molecular complexity index is 827. The fraction of sp³-hybridized carbons (Fsp3) is 0.350. The molecular weight excluding hydrogens is 354 g/mol. The second kappa shape index (κ2) is 8.81. The van der Waals surface area contributed by atoms with E-state index >= 15 is 0 Å². The molecule has 0 aliphatic rings. The Hall–Kier alpha value is -2.67. The summed E-state index contributed by atoms with van der Waals surface area (Å²) < 4.78 is 37.6. The molecule has 2 aromatic rings. The van der Waals surface area contributed by atoms with Gasteiger partial charge in [0.05, 0.1) is 27.0 Å². The number of ether oxygens (including phenoxy) is 2. The summed E-state index contributed by atoms with van der Waals surface area (Å²) in [5, 5.41) is 2.45. The van der Waals surface area contributed by atoms with E-state index in [1.807, 2.05) is 26.1 Å². The topological polar surface area (TPSA) is 52.0 Å². The highest BCUT2D eigenvalue weighted by atomic mass is 19.1. The molecule has 5 nitrogen and oxygen atoms in total. The van der Waals surface area contributed by atoms with Crippen LogP contribution >= 0.6 is 0 Å². The number of anilines is 1. The lowest BCUT2D eigenvalue weighted by Crippen LogP contribution is -3.12. The van der Waals surface area contributed by atoms with Crippen LogP contribution in [-0.4, -0.2) is 33.2 Å². The third kappa shape index (κ3) is 4.95. The number of aryl methyl sites for hydroxylation is 1. The van der Waals surface area contributed by atoms with Crippen molar-refractivity contribution in [2.45, 2.75) is 26.4 Å². The first-order chi connectivity index (χ1) is 12.8. The fourth-order valence-electron chi connectivity index (χ4n) is 2.72. The summed E-state index contributed by atoms with van der Waals surface area (Å²) in [7, 11) is 5.01. The maximum absolute atomic E-state index is 13.7. The molecule has 0 aromatic heterocycles. The number of benzene rings is 2. The number of methoxy groups -OCH3 is 2. The van der Waals surface area contributed by atoms with E-state index in [0.29, 0.717) is 18.0 Å². The van der Waals surface area contributed by atoms with Gasteiger partial charge in [0, 0.05) is 11.6 Å². The van der Waals surface area contributed by atoms with E-state index in [1.165, 1.54) is 0 Å². The molecule has 0 spiro atoms. The minimum Gasteiger partial charge on any atom is -0.493 e. The van der Waals surface area contributed by atoms with Crippen LogP contribution < -0.4 is 19.7 Å². The zero-order chi connectivity index (χ0) is 20.1. The van der Waals surface area contributed by atoms with Crippen molar-refractivity contribution in [3.63, 3.8) is 0 Å². The van der Waals surface area contributed by atoms with E-state index < -0.39 is 23.6 Å². The molecule has 7 heteroatoms. The number of hydrogen-bond acceptors (Lipinski definition) is 3. The number of rotatable bonds is 7. The summed E-state index contributed by atoms with van der Waals surface area (Å²) in [5.41, 5.74) is 1.85. The van der Waals surface area contributed by atoms with Crippen LogP contribution in [-0.2, 0) is 11.3 Å². The van der Waals surface area contributed by atoms with Crippen molar-refractivity contribution < 1.29 is 27.9 Å². The van der Waals surface area contributed by atoms with Crippen molar-refractivity contribution in [1.82, 2.24) is 0 Å². The minimum absolute atomic E-state index is 0.165. The van der Waals surface area contributed by atoms with Gasteiger partial charge >= 0.3 is 0 Å². The van der Waals surface area contributed by atoms with Gasteiger partial charge in [-0.3, -0.25) is 4.79 Å². The highest BCUT2D eigenvalue weighted by molar-refractivity contribution is 5.93. The summed E-state index contributed by atoms with van der Waals surface area (Å²) in [6.07, 6.45) is 0. The normalized spacial score (nSPS) is 13.0. The molecule has 0 bridgehead atoms. The van der Waals surface area contributed by atoms with Gasteiger partial charge in [-0.15, -0.1) is 0 Å². The van der Waals surface area contributed by atoms with Gasteiger partial charge in [-0.25, -0.2) is 8.78 Å². The second-order valence-electron chi connectivity index (χ2n) is 6.49. The van der Waals surface area contributed by atoms with Crippen molar-refractivity contribution in [2.75, 3.05) is 26.6 Å². The van der Waals surface area contributed by atoms with Crippen LogP contribution in [0.1, 0.15) is 18.1 Å². The molecule has 0 radical (unpaired) electrons. The van der Waals surface area contributed by atoms with Crippen LogP contribution in [0.4, 0.5) is 14.5 Å². The van der Waals surface area contributed by atoms with Crippen LogP contribution in [0.3, 0.4) is 0 Å². The molecule has 0 aliphatic carbocycles. The van der Waals surface area contributed by atoms with Gasteiger partial charge in [0.25, 0.3) is 5.91 Å². The predicted octanol–water partition coefficient (Wildman–Crippen LogP) is 2.33. The molecule has 146 valence electrons. The monoisotopic (exact) mass is 379 g/mol. The first kappa shape index (κ1) is 20.6. The second-order valence-corrected chi connectivity index (χ2v) is 6.49. The van der Waals surface area contributed by atoms with Crippen LogP contribution in [0.25, 0.3) is 0 Å². The van der Waals surface area contributed by atoms with Gasteiger partial charge in [-0.1, -0.05) is 0 Å². The average Bonchev–Trinajstić information content (AvgIpc) is 2.65. The number of hydrogen-bond donors (Lipinski definition) is 2. The summed E-state index contributed by atoms with van der Waals surface area (Å²) in [6, 6.07) is 6.24. The summed E-state index contributed by atoms with van der Waals surface area (Å²) in [5.74, 6) is -0.421. The third-order valence-electron chi connectivity index (χ3n) is 4.63. The lowest BCUT2D eigenvalue weighted by atomic mass is 10.1. The van der Waals surface area contributed by atoms with Gasteiger partial charge in [0.2, 0.25) is 0 Å². The molecule has 1 amide bonds. The molecule has 2 rings (SSSR count). The number of carbonyl (C=O) groups excluding carboxylic acids is 1. The van der Waals surface area contributed by atoms with Crippen molar-refractivity contribution >= 4 is 11.6 Å². The SMILES string of the molecule is COc1cc(C)c(C[NH+](C)[C@H](C)C(=O)Nc2cc(F)ccc2F)cc1OC. The Balaban J connectivity index is 2.12. The zero-order valence-corrected chi connectivity index (χ0v) is 16.2. The van der Waals surface area contributed by atoms with E-state index in [9.17, 15) is 13.6 Å². The Labute approximate surface area is 157 Å². The maximum atomic E-state index is 13.7. The third-order valence-corrected chi connectivity index (χ3v) is 4.63. The molecule has 0 saturated carbocycles. The lowest BCUT2D eigenvalue weighted by Gasteiger charge is -2.22. The molecule has 1 unspecified atom stereocenters. The molecule has 2 aromatic carbocycles. The van der Waals surface area contributed by atoms with Crippen molar-refractivity contribution in [3.8, 4) is 11.5 Å². The zero-order valence-electron chi connectivity index (χ0n) is 16.2. The Kier molecular flexibility index (Phi) is 6.74. The van der Waals surface area contributed by atoms with Gasteiger partial charge in [-0.05, 0) is 43.7 Å². The number of nitrogens with one attached hydrogen (secondary N) is 2. The predicted molar refractivity (Wildman–Crippen MR) is 99.3 cm³/mol. The van der Waals surface area contributed by atoms with Crippen LogP contribution in [0.5, 0.6) is 11.5 Å². The fourth-order valence-corrected chi connectivity index (χ4v) is 2.72. The van der Waals surface area contributed by atoms with Crippen molar-refractivity contribution in [3.05, 3.63) is 53.1 Å². The Morgan fingerprint density at radius 3 is 2.41 bits per heavy atom. The quantitative estimate of drug-likeness (QED) is 0.777. The average molecular weight is 379 g/mol. The van der Waals surface area contributed by atoms with Crippen molar-refractivity contribution in [2.24, 2.45) is 0 Å². The molecular formula is C20H25F2N2O3+. The summed E-state index contributed by atoms with van der Waals surface area (Å²) in [4.78, 5) is 13.3. The maximum Gasteiger partial charge on any atom is 0.282 e. The van der Waals surface area contributed by atoms with E-state index in [-0.39, 0.29) is 5.69 Å². The molecule has 27 heavy (non-hydrogen) atoms. The first-order valence-electron chi connectivity index (χ1n) is 8.56. The number of quaternary nitrogens is 1. The highest BCUT2D eigenvalue weighted by Crippen LogP contribution is 2.29. The number of halogens is 2. The number of carbonyl (C=O) groups is 1. The Morgan fingerprint density at radius 1 is 1.15 bits per heavy atom. The van der Waals surface area contributed by atoms with E-state index in [1.54, 1.807) is 21.1 Å². The number of amides is 1. The number of likely N-dealkylation sites (N-methyl/N-ethyl adjacent to an activating group) is 1. The molecule has 0 aliphatic heterocycles.